The number of carbonyl (C=O) groups is 4. The molecule has 2 atom stereocenters. The van der Waals surface area contributed by atoms with E-state index in [-0.39, 0.29) is 29.9 Å². The molecule has 11 nitrogen and oxygen atoms in total. The van der Waals surface area contributed by atoms with Crippen LogP contribution in [0.2, 0.25) is 0 Å². The lowest BCUT2D eigenvalue weighted by Gasteiger charge is -2.27. The van der Waals surface area contributed by atoms with Gasteiger partial charge in [-0.05, 0) is 79.3 Å². The van der Waals surface area contributed by atoms with Crippen LogP contribution in [-0.2, 0) is 16.0 Å². The lowest BCUT2D eigenvalue weighted by Crippen LogP contribution is -2.54. The van der Waals surface area contributed by atoms with Crippen LogP contribution in [0.15, 0.2) is 79.1 Å². The third-order valence-electron chi connectivity index (χ3n) is 7.57. The molecule has 1 saturated heterocycles. The Bertz CT molecular complexity index is 1770. The largest absolute Gasteiger partial charge is 0.437 e. The van der Waals surface area contributed by atoms with E-state index in [9.17, 15) is 19.2 Å². The van der Waals surface area contributed by atoms with E-state index in [2.05, 4.69) is 27.7 Å². The maximum atomic E-state index is 13.1. The summed E-state index contributed by atoms with van der Waals surface area (Å²) in [6, 6.07) is 19.2. The standard InChI is InChI=1S/C33H29N5O6/c1-19(14-21-6-9-24(10-7-21)43-30-18-34-17-20(2)35-30)22-4-3-5-25(15-22)44-37-23-8-11-26-27(16-23)33(42)38(32(26)41)28-12-13-29(39)36-31(28)40/h3-11,15-19,28,37H,12-14H2,1-2H3,(H,36,39,40)/t19-,28-/m1/s1. The molecule has 4 aromatic rings. The van der Waals surface area contributed by atoms with Crippen molar-refractivity contribution in [3.05, 3.63) is 107 Å². The molecule has 0 saturated carbocycles. The first-order valence-corrected chi connectivity index (χ1v) is 14.2. The predicted molar refractivity (Wildman–Crippen MR) is 159 cm³/mol. The number of nitrogens with one attached hydrogen (secondary N) is 2. The Hall–Kier alpha value is -5.58. The zero-order valence-electron chi connectivity index (χ0n) is 24.1. The first kappa shape index (κ1) is 28.5. The Balaban J connectivity index is 1.07. The van der Waals surface area contributed by atoms with Gasteiger partial charge in [-0.25, -0.2) is 10.5 Å². The molecule has 3 heterocycles. The number of rotatable bonds is 9. The molecule has 0 unspecified atom stereocenters. The summed E-state index contributed by atoms with van der Waals surface area (Å²) in [6.07, 6.45) is 4.21. The van der Waals surface area contributed by atoms with Crippen molar-refractivity contribution in [1.29, 1.82) is 0 Å². The molecule has 1 fully saturated rings. The van der Waals surface area contributed by atoms with Crippen LogP contribution in [0.5, 0.6) is 17.4 Å². The molecule has 0 radical (unpaired) electrons. The van der Waals surface area contributed by atoms with Gasteiger partial charge in [0, 0.05) is 12.6 Å². The van der Waals surface area contributed by atoms with Gasteiger partial charge in [-0.1, -0.05) is 31.2 Å². The second kappa shape index (κ2) is 12.0. The highest BCUT2D eigenvalue weighted by Crippen LogP contribution is 2.30. The molecule has 0 spiro atoms. The van der Waals surface area contributed by atoms with E-state index in [1.165, 1.54) is 12.1 Å². The highest BCUT2D eigenvalue weighted by Gasteiger charge is 2.44. The number of anilines is 1. The van der Waals surface area contributed by atoms with Crippen molar-refractivity contribution >= 4 is 29.3 Å². The van der Waals surface area contributed by atoms with Gasteiger partial charge in [-0.15, -0.1) is 0 Å². The van der Waals surface area contributed by atoms with Crippen LogP contribution in [0, 0.1) is 6.92 Å². The average Bonchev–Trinajstić information content (AvgIpc) is 3.26. The van der Waals surface area contributed by atoms with Crippen molar-refractivity contribution in [2.24, 2.45) is 0 Å². The number of hydrogen-bond donors (Lipinski definition) is 2. The van der Waals surface area contributed by atoms with E-state index in [0.717, 1.165) is 28.1 Å². The van der Waals surface area contributed by atoms with E-state index in [1.54, 1.807) is 18.5 Å². The number of amides is 4. The van der Waals surface area contributed by atoms with Gasteiger partial charge >= 0.3 is 0 Å². The summed E-state index contributed by atoms with van der Waals surface area (Å²) in [4.78, 5) is 65.0. The Labute approximate surface area is 253 Å². The van der Waals surface area contributed by atoms with Gasteiger partial charge in [0.15, 0.2) is 5.75 Å². The van der Waals surface area contributed by atoms with Crippen LogP contribution in [0.1, 0.15) is 63.2 Å². The Morgan fingerprint density at radius 1 is 0.955 bits per heavy atom. The number of hydrogen-bond acceptors (Lipinski definition) is 9. The maximum Gasteiger partial charge on any atom is 0.262 e. The molecule has 222 valence electrons. The number of ether oxygens (including phenoxy) is 1. The summed E-state index contributed by atoms with van der Waals surface area (Å²) < 4.78 is 5.80. The molecule has 0 bridgehead atoms. The lowest BCUT2D eigenvalue weighted by molar-refractivity contribution is -0.136. The van der Waals surface area contributed by atoms with Crippen LogP contribution >= 0.6 is 0 Å². The monoisotopic (exact) mass is 591 g/mol. The van der Waals surface area contributed by atoms with Crippen molar-refractivity contribution in [3.8, 4) is 17.4 Å². The summed E-state index contributed by atoms with van der Waals surface area (Å²) in [5, 5.41) is 2.20. The summed E-state index contributed by atoms with van der Waals surface area (Å²) in [6.45, 7) is 4.00. The molecule has 0 aliphatic carbocycles. The normalized spacial score (nSPS) is 16.8. The molecule has 4 amide bonds. The number of imide groups is 2. The third kappa shape index (κ3) is 5.98. The third-order valence-corrected chi connectivity index (χ3v) is 7.57. The van der Waals surface area contributed by atoms with Gasteiger partial charge < -0.3 is 9.57 Å². The van der Waals surface area contributed by atoms with Crippen LogP contribution in [-0.4, -0.2) is 44.5 Å². The average molecular weight is 592 g/mol. The SMILES string of the molecule is Cc1cncc(Oc2ccc(C[C@@H](C)c3cccc(ONc4ccc5c(c4)C(=O)N([C@@H]4CCC(=O)NC4=O)C5=O)c3)cc2)n1. The molecule has 1 aromatic heterocycles. The topological polar surface area (TPSA) is 140 Å². The molecule has 2 aliphatic heterocycles. The number of fused-ring (bicyclic) bond motifs is 1. The highest BCUT2D eigenvalue weighted by molar-refractivity contribution is 6.23. The molecule has 44 heavy (non-hydrogen) atoms. The van der Waals surface area contributed by atoms with Gasteiger partial charge in [0.2, 0.25) is 17.7 Å². The Kier molecular flexibility index (Phi) is 7.76. The van der Waals surface area contributed by atoms with Crippen molar-refractivity contribution in [2.75, 3.05) is 5.48 Å². The molecule has 11 heteroatoms. The van der Waals surface area contributed by atoms with Crippen molar-refractivity contribution in [3.63, 3.8) is 0 Å². The molecular weight excluding hydrogens is 562 g/mol. The van der Waals surface area contributed by atoms with E-state index in [1.807, 2.05) is 55.5 Å². The number of nitrogens with zero attached hydrogens (tertiary/aromatic N) is 3. The van der Waals surface area contributed by atoms with Gasteiger partial charge in [0.25, 0.3) is 11.8 Å². The van der Waals surface area contributed by atoms with E-state index in [0.29, 0.717) is 23.1 Å². The van der Waals surface area contributed by atoms with Gasteiger partial charge in [0.1, 0.15) is 11.8 Å². The van der Waals surface area contributed by atoms with Crippen molar-refractivity contribution in [2.45, 2.75) is 45.1 Å². The fourth-order valence-electron chi connectivity index (χ4n) is 5.31. The smallest absolute Gasteiger partial charge is 0.262 e. The minimum absolute atomic E-state index is 0.0634. The fourth-order valence-corrected chi connectivity index (χ4v) is 5.31. The Morgan fingerprint density at radius 3 is 2.52 bits per heavy atom. The number of piperidine rings is 1. The zero-order valence-corrected chi connectivity index (χ0v) is 24.1. The maximum absolute atomic E-state index is 13.1. The molecule has 3 aromatic carbocycles. The minimum Gasteiger partial charge on any atom is -0.437 e. The van der Waals surface area contributed by atoms with Crippen molar-refractivity contribution in [1.82, 2.24) is 20.2 Å². The van der Waals surface area contributed by atoms with Crippen LogP contribution < -0.4 is 20.4 Å². The predicted octanol–water partition coefficient (Wildman–Crippen LogP) is 4.73. The molecule has 2 aliphatic rings. The first-order valence-electron chi connectivity index (χ1n) is 14.2. The molecular formula is C33H29N5O6. The quantitative estimate of drug-likeness (QED) is 0.209. The number of aryl methyl sites for hydroxylation is 1. The summed E-state index contributed by atoms with van der Waals surface area (Å²) in [7, 11) is 0. The van der Waals surface area contributed by atoms with Crippen LogP contribution in [0.4, 0.5) is 5.69 Å². The highest BCUT2D eigenvalue weighted by atomic mass is 16.6. The second-order valence-corrected chi connectivity index (χ2v) is 10.8. The lowest BCUT2D eigenvalue weighted by atomic mass is 9.93. The molecule has 6 rings (SSSR count). The second-order valence-electron chi connectivity index (χ2n) is 10.8. The first-order chi connectivity index (χ1) is 21.2. The Morgan fingerprint density at radius 2 is 1.75 bits per heavy atom. The van der Waals surface area contributed by atoms with E-state index in [4.69, 9.17) is 9.57 Å². The van der Waals surface area contributed by atoms with E-state index >= 15 is 0 Å². The number of benzene rings is 3. The van der Waals surface area contributed by atoms with E-state index < -0.39 is 29.7 Å². The van der Waals surface area contributed by atoms with Crippen LogP contribution in [0.25, 0.3) is 0 Å². The number of aromatic nitrogens is 2. The van der Waals surface area contributed by atoms with Gasteiger partial charge in [-0.2, -0.15) is 0 Å². The van der Waals surface area contributed by atoms with Gasteiger partial charge in [0.05, 0.1) is 28.7 Å². The molecule has 2 N–H and O–H groups in total. The van der Waals surface area contributed by atoms with Crippen LogP contribution in [0.3, 0.4) is 0 Å². The number of carbonyl (C=O) groups excluding carboxylic acids is 4. The minimum atomic E-state index is -1.02. The zero-order chi connectivity index (χ0) is 30.8. The fraction of sp³-hybridized carbons (Fsp3) is 0.212. The van der Waals surface area contributed by atoms with Crippen molar-refractivity contribution < 1.29 is 28.8 Å². The summed E-state index contributed by atoms with van der Waals surface area (Å²) in [5.41, 5.74) is 6.69. The summed E-state index contributed by atoms with van der Waals surface area (Å²) >= 11 is 0. The summed E-state index contributed by atoms with van der Waals surface area (Å²) in [5.74, 6) is -0.306. The van der Waals surface area contributed by atoms with Gasteiger partial charge in [-0.3, -0.25) is 34.4 Å².